The van der Waals surface area contributed by atoms with Crippen LogP contribution >= 0.6 is 0 Å². The van der Waals surface area contributed by atoms with Gasteiger partial charge in [0.05, 0.1) is 11.4 Å². The van der Waals surface area contributed by atoms with Gasteiger partial charge in [0.2, 0.25) is 5.91 Å². The number of amides is 1. The van der Waals surface area contributed by atoms with Gasteiger partial charge in [0, 0.05) is 19.5 Å². The maximum absolute atomic E-state index is 11.8. The molecule has 1 aromatic rings. The summed E-state index contributed by atoms with van der Waals surface area (Å²) >= 11 is 0. The van der Waals surface area contributed by atoms with Gasteiger partial charge in [-0.2, -0.15) is 0 Å². The molecule has 3 heteroatoms. The molecule has 1 amide bonds. The summed E-state index contributed by atoms with van der Waals surface area (Å²) in [6.07, 6.45) is 4.36. The van der Waals surface area contributed by atoms with Crippen molar-refractivity contribution in [3.8, 4) is 0 Å². The standard InChI is InChI=1S/C14H18N2O/c17-14-6-3-9-16(14)13-5-2-1-4-12(13)15-10-11-7-8-11/h1-2,4-5,11,15H,3,6-10H2. The summed E-state index contributed by atoms with van der Waals surface area (Å²) in [5.41, 5.74) is 2.16. The van der Waals surface area contributed by atoms with Crippen molar-refractivity contribution in [1.82, 2.24) is 0 Å². The fourth-order valence-electron chi connectivity index (χ4n) is 2.34. The van der Waals surface area contributed by atoms with E-state index < -0.39 is 0 Å². The summed E-state index contributed by atoms with van der Waals surface area (Å²) in [4.78, 5) is 13.7. The molecule has 1 aromatic carbocycles. The van der Waals surface area contributed by atoms with Gasteiger partial charge in [0.1, 0.15) is 0 Å². The number of rotatable bonds is 4. The van der Waals surface area contributed by atoms with E-state index in [0.717, 1.165) is 36.8 Å². The van der Waals surface area contributed by atoms with Gasteiger partial charge in [0.15, 0.2) is 0 Å². The second-order valence-corrected chi connectivity index (χ2v) is 4.99. The van der Waals surface area contributed by atoms with Crippen LogP contribution in [-0.2, 0) is 4.79 Å². The molecule has 1 heterocycles. The predicted octanol–water partition coefficient (Wildman–Crippen LogP) is 2.64. The highest BCUT2D eigenvalue weighted by Crippen LogP contribution is 2.32. The van der Waals surface area contributed by atoms with Gasteiger partial charge in [-0.25, -0.2) is 0 Å². The van der Waals surface area contributed by atoms with Gasteiger partial charge < -0.3 is 10.2 Å². The Labute approximate surface area is 102 Å². The molecule has 1 saturated heterocycles. The molecule has 0 aromatic heterocycles. The van der Waals surface area contributed by atoms with Crippen LogP contribution in [-0.4, -0.2) is 19.0 Å². The molecule has 2 fully saturated rings. The third-order valence-corrected chi connectivity index (χ3v) is 3.55. The third-order valence-electron chi connectivity index (χ3n) is 3.55. The molecule has 1 aliphatic heterocycles. The molecule has 17 heavy (non-hydrogen) atoms. The van der Waals surface area contributed by atoms with E-state index in [-0.39, 0.29) is 5.91 Å². The summed E-state index contributed by atoms with van der Waals surface area (Å²) < 4.78 is 0. The number of nitrogens with zero attached hydrogens (tertiary/aromatic N) is 1. The molecule has 3 nitrogen and oxygen atoms in total. The highest BCUT2D eigenvalue weighted by atomic mass is 16.2. The zero-order chi connectivity index (χ0) is 11.7. The number of hydrogen-bond donors (Lipinski definition) is 1. The lowest BCUT2D eigenvalue weighted by atomic mass is 10.2. The van der Waals surface area contributed by atoms with E-state index in [1.807, 2.05) is 23.1 Å². The Bertz CT molecular complexity index is 426. The predicted molar refractivity (Wildman–Crippen MR) is 69.2 cm³/mol. The van der Waals surface area contributed by atoms with Crippen molar-refractivity contribution < 1.29 is 4.79 Å². The highest BCUT2D eigenvalue weighted by Gasteiger charge is 2.25. The molecule has 1 aliphatic carbocycles. The molecular formula is C14H18N2O. The Hall–Kier alpha value is -1.51. The van der Waals surface area contributed by atoms with Gasteiger partial charge in [-0.15, -0.1) is 0 Å². The Morgan fingerprint density at radius 1 is 1.29 bits per heavy atom. The van der Waals surface area contributed by atoms with Gasteiger partial charge in [-0.1, -0.05) is 12.1 Å². The average Bonchev–Trinajstić information content (AvgIpc) is 3.09. The molecule has 3 rings (SSSR count). The van der Waals surface area contributed by atoms with Crippen LogP contribution in [0.15, 0.2) is 24.3 Å². The van der Waals surface area contributed by atoms with Crippen LogP contribution in [0.5, 0.6) is 0 Å². The minimum atomic E-state index is 0.255. The van der Waals surface area contributed by atoms with Crippen LogP contribution < -0.4 is 10.2 Å². The molecule has 2 aliphatic rings. The van der Waals surface area contributed by atoms with Crippen LogP contribution in [0, 0.1) is 5.92 Å². The normalized spacial score (nSPS) is 19.8. The topological polar surface area (TPSA) is 32.3 Å². The lowest BCUT2D eigenvalue weighted by Gasteiger charge is -2.20. The van der Waals surface area contributed by atoms with Gasteiger partial charge in [-0.05, 0) is 37.3 Å². The smallest absolute Gasteiger partial charge is 0.227 e. The van der Waals surface area contributed by atoms with Crippen LogP contribution in [0.25, 0.3) is 0 Å². The van der Waals surface area contributed by atoms with E-state index in [0.29, 0.717) is 6.42 Å². The largest absolute Gasteiger partial charge is 0.383 e. The highest BCUT2D eigenvalue weighted by molar-refractivity contribution is 5.98. The van der Waals surface area contributed by atoms with Crippen molar-refractivity contribution >= 4 is 17.3 Å². The lowest BCUT2D eigenvalue weighted by Crippen LogP contribution is -2.25. The third kappa shape index (κ3) is 2.28. The number of hydrogen-bond acceptors (Lipinski definition) is 2. The summed E-state index contributed by atoms with van der Waals surface area (Å²) in [5.74, 6) is 1.10. The summed E-state index contributed by atoms with van der Waals surface area (Å²) in [6.45, 7) is 1.90. The Morgan fingerprint density at radius 2 is 2.12 bits per heavy atom. The van der Waals surface area contributed by atoms with Gasteiger partial charge in [-0.3, -0.25) is 4.79 Å². The number of nitrogens with one attached hydrogen (secondary N) is 1. The number of carbonyl (C=O) groups is 1. The van der Waals surface area contributed by atoms with E-state index in [4.69, 9.17) is 0 Å². The first-order chi connectivity index (χ1) is 8.34. The van der Waals surface area contributed by atoms with Gasteiger partial charge >= 0.3 is 0 Å². The monoisotopic (exact) mass is 230 g/mol. The van der Waals surface area contributed by atoms with Crippen LogP contribution in [0.1, 0.15) is 25.7 Å². The SMILES string of the molecule is O=C1CCCN1c1ccccc1NCC1CC1. The Balaban J connectivity index is 1.78. The molecular weight excluding hydrogens is 212 g/mol. The molecule has 0 atom stereocenters. The van der Waals surface area contributed by atoms with E-state index in [2.05, 4.69) is 11.4 Å². The van der Waals surface area contributed by atoms with Crippen molar-refractivity contribution in [2.24, 2.45) is 5.92 Å². The number of carbonyl (C=O) groups excluding carboxylic acids is 1. The minimum absolute atomic E-state index is 0.255. The maximum Gasteiger partial charge on any atom is 0.227 e. The summed E-state index contributed by atoms with van der Waals surface area (Å²) in [7, 11) is 0. The molecule has 0 radical (unpaired) electrons. The van der Waals surface area contributed by atoms with Crippen molar-refractivity contribution in [2.75, 3.05) is 23.3 Å². The second kappa shape index (κ2) is 4.40. The first kappa shape index (κ1) is 10.6. The lowest BCUT2D eigenvalue weighted by molar-refractivity contribution is -0.117. The van der Waals surface area contributed by atoms with E-state index in [1.165, 1.54) is 12.8 Å². The quantitative estimate of drug-likeness (QED) is 0.862. The Kier molecular flexibility index (Phi) is 2.75. The number of para-hydroxylation sites is 2. The zero-order valence-corrected chi connectivity index (χ0v) is 9.98. The van der Waals surface area contributed by atoms with Crippen molar-refractivity contribution in [3.63, 3.8) is 0 Å². The van der Waals surface area contributed by atoms with E-state index in [9.17, 15) is 4.79 Å². The first-order valence-corrected chi connectivity index (χ1v) is 6.48. The summed E-state index contributed by atoms with van der Waals surface area (Å²) in [5, 5.41) is 3.48. The van der Waals surface area contributed by atoms with Crippen LogP contribution in [0.2, 0.25) is 0 Å². The van der Waals surface area contributed by atoms with Crippen molar-refractivity contribution in [2.45, 2.75) is 25.7 Å². The molecule has 0 spiro atoms. The van der Waals surface area contributed by atoms with Crippen LogP contribution in [0.3, 0.4) is 0 Å². The number of anilines is 2. The van der Waals surface area contributed by atoms with E-state index in [1.54, 1.807) is 0 Å². The van der Waals surface area contributed by atoms with Gasteiger partial charge in [0.25, 0.3) is 0 Å². The van der Waals surface area contributed by atoms with Crippen molar-refractivity contribution in [1.29, 1.82) is 0 Å². The van der Waals surface area contributed by atoms with Crippen molar-refractivity contribution in [3.05, 3.63) is 24.3 Å². The number of benzene rings is 1. The molecule has 0 bridgehead atoms. The molecule has 90 valence electrons. The first-order valence-electron chi connectivity index (χ1n) is 6.48. The average molecular weight is 230 g/mol. The Morgan fingerprint density at radius 3 is 2.82 bits per heavy atom. The van der Waals surface area contributed by atoms with E-state index >= 15 is 0 Å². The maximum atomic E-state index is 11.8. The molecule has 1 N–H and O–H groups in total. The second-order valence-electron chi connectivity index (χ2n) is 4.99. The summed E-state index contributed by atoms with van der Waals surface area (Å²) in [6, 6.07) is 8.14. The fourth-order valence-corrected chi connectivity index (χ4v) is 2.34. The minimum Gasteiger partial charge on any atom is -0.383 e. The van der Waals surface area contributed by atoms with Crippen LogP contribution in [0.4, 0.5) is 11.4 Å². The zero-order valence-electron chi connectivity index (χ0n) is 9.98. The molecule has 1 saturated carbocycles. The fraction of sp³-hybridized carbons (Fsp3) is 0.500. The molecule has 0 unspecified atom stereocenters.